The molecule has 5 heteroatoms. The van der Waals surface area contributed by atoms with Crippen LogP contribution >= 0.6 is 0 Å². The molecule has 0 aromatic heterocycles. The second-order valence-electron chi connectivity index (χ2n) is 3.90. The molecular weight excluding hydrogens is 208 g/mol. The van der Waals surface area contributed by atoms with Gasteiger partial charge in [-0.15, -0.1) is 0 Å². The summed E-state index contributed by atoms with van der Waals surface area (Å²) in [7, 11) is 0. The summed E-state index contributed by atoms with van der Waals surface area (Å²) in [6, 6.07) is -0.154. The molecule has 0 atom stereocenters. The quantitative estimate of drug-likeness (QED) is 0.692. The maximum Gasteiger partial charge on any atom is 0.323 e. The Labute approximate surface area is 95.1 Å². The lowest BCUT2D eigenvalue weighted by molar-refractivity contribution is -0.137. The van der Waals surface area contributed by atoms with Crippen LogP contribution in [-0.2, 0) is 4.79 Å². The minimum absolute atomic E-state index is 0.126. The SMILES string of the molecule is CCCN(CC(=O)O)C(=O)NC1CC=CC1. The van der Waals surface area contributed by atoms with Crippen molar-refractivity contribution < 1.29 is 14.7 Å². The highest BCUT2D eigenvalue weighted by atomic mass is 16.4. The van der Waals surface area contributed by atoms with E-state index in [4.69, 9.17) is 5.11 Å². The number of nitrogens with one attached hydrogen (secondary N) is 1. The molecule has 0 aliphatic heterocycles. The molecule has 0 radical (unpaired) electrons. The summed E-state index contributed by atoms with van der Waals surface area (Å²) in [5.41, 5.74) is 0. The van der Waals surface area contributed by atoms with Crippen LogP contribution in [0.5, 0.6) is 0 Å². The fourth-order valence-electron chi connectivity index (χ4n) is 1.69. The fourth-order valence-corrected chi connectivity index (χ4v) is 1.69. The first-order valence-corrected chi connectivity index (χ1v) is 5.55. The highest BCUT2D eigenvalue weighted by molar-refractivity contribution is 5.80. The second-order valence-corrected chi connectivity index (χ2v) is 3.90. The van der Waals surface area contributed by atoms with Crippen molar-refractivity contribution >= 4 is 12.0 Å². The van der Waals surface area contributed by atoms with Gasteiger partial charge in [-0.05, 0) is 19.3 Å². The average Bonchev–Trinajstić information content (AvgIpc) is 2.69. The summed E-state index contributed by atoms with van der Waals surface area (Å²) in [6.07, 6.45) is 6.46. The van der Waals surface area contributed by atoms with Crippen LogP contribution < -0.4 is 5.32 Å². The van der Waals surface area contributed by atoms with Crippen molar-refractivity contribution in [1.82, 2.24) is 10.2 Å². The normalized spacial score (nSPS) is 15.1. The molecule has 0 unspecified atom stereocenters. The number of carbonyl (C=O) groups is 2. The molecule has 0 fully saturated rings. The summed E-state index contributed by atoms with van der Waals surface area (Å²) in [4.78, 5) is 23.7. The molecule has 1 rings (SSSR count). The van der Waals surface area contributed by atoms with Crippen LogP contribution in [0.3, 0.4) is 0 Å². The maximum atomic E-state index is 11.7. The maximum absolute atomic E-state index is 11.7. The number of aliphatic carboxylic acids is 1. The van der Waals surface area contributed by atoms with Gasteiger partial charge < -0.3 is 15.3 Å². The van der Waals surface area contributed by atoms with Gasteiger partial charge in [-0.2, -0.15) is 0 Å². The summed E-state index contributed by atoms with van der Waals surface area (Å²) >= 11 is 0. The molecule has 1 aliphatic carbocycles. The van der Waals surface area contributed by atoms with Gasteiger partial charge in [-0.1, -0.05) is 19.1 Å². The van der Waals surface area contributed by atoms with Crippen molar-refractivity contribution in [2.75, 3.05) is 13.1 Å². The Morgan fingerprint density at radius 3 is 2.56 bits per heavy atom. The van der Waals surface area contributed by atoms with Crippen molar-refractivity contribution in [3.05, 3.63) is 12.2 Å². The van der Waals surface area contributed by atoms with Gasteiger partial charge in [0.25, 0.3) is 0 Å². The average molecular weight is 226 g/mol. The van der Waals surface area contributed by atoms with E-state index in [2.05, 4.69) is 5.32 Å². The number of carboxylic acids is 1. The van der Waals surface area contributed by atoms with Crippen LogP contribution in [0.1, 0.15) is 26.2 Å². The Kier molecular flexibility index (Phi) is 4.82. The van der Waals surface area contributed by atoms with E-state index in [1.807, 2.05) is 19.1 Å². The zero-order valence-electron chi connectivity index (χ0n) is 9.48. The predicted molar refractivity (Wildman–Crippen MR) is 60.2 cm³/mol. The molecule has 16 heavy (non-hydrogen) atoms. The molecule has 1 aliphatic rings. The van der Waals surface area contributed by atoms with Gasteiger partial charge >= 0.3 is 12.0 Å². The summed E-state index contributed by atoms with van der Waals surface area (Å²) in [5, 5.41) is 11.5. The molecule has 90 valence electrons. The van der Waals surface area contributed by atoms with Gasteiger partial charge in [0, 0.05) is 12.6 Å². The van der Waals surface area contributed by atoms with Crippen LogP contribution in [0.4, 0.5) is 4.79 Å². The van der Waals surface area contributed by atoms with E-state index >= 15 is 0 Å². The number of carbonyl (C=O) groups excluding carboxylic acids is 1. The summed E-state index contributed by atoms with van der Waals surface area (Å²) in [5.74, 6) is -0.979. The monoisotopic (exact) mass is 226 g/mol. The third-order valence-corrected chi connectivity index (χ3v) is 2.44. The lowest BCUT2D eigenvalue weighted by atomic mass is 10.2. The lowest BCUT2D eigenvalue weighted by Gasteiger charge is -2.22. The van der Waals surface area contributed by atoms with Crippen LogP contribution in [0.25, 0.3) is 0 Å². The molecule has 5 nitrogen and oxygen atoms in total. The molecule has 0 bridgehead atoms. The zero-order valence-corrected chi connectivity index (χ0v) is 9.48. The smallest absolute Gasteiger partial charge is 0.323 e. The molecular formula is C11H18N2O3. The number of rotatable bonds is 5. The van der Waals surface area contributed by atoms with Gasteiger partial charge in [0.1, 0.15) is 6.54 Å². The molecule has 0 saturated heterocycles. The highest BCUT2D eigenvalue weighted by Gasteiger charge is 2.19. The number of hydrogen-bond donors (Lipinski definition) is 2. The molecule has 0 spiro atoms. The second kappa shape index (κ2) is 6.15. The van der Waals surface area contributed by atoms with Gasteiger partial charge in [-0.25, -0.2) is 4.79 Å². The van der Waals surface area contributed by atoms with Crippen molar-refractivity contribution in [3.8, 4) is 0 Å². The third-order valence-electron chi connectivity index (χ3n) is 2.44. The molecule has 0 saturated carbocycles. The minimum Gasteiger partial charge on any atom is -0.480 e. The standard InChI is InChI=1S/C11H18N2O3/c1-2-7-13(8-10(14)15)11(16)12-9-5-3-4-6-9/h3-4,9H,2,5-8H2,1H3,(H,12,16)(H,14,15). The van der Waals surface area contributed by atoms with Crippen LogP contribution in [0.15, 0.2) is 12.2 Å². The lowest BCUT2D eigenvalue weighted by Crippen LogP contribution is -2.46. The molecule has 0 heterocycles. The van der Waals surface area contributed by atoms with Gasteiger partial charge in [0.05, 0.1) is 0 Å². The van der Waals surface area contributed by atoms with E-state index in [0.717, 1.165) is 19.3 Å². The van der Waals surface area contributed by atoms with E-state index in [-0.39, 0.29) is 18.6 Å². The Hall–Kier alpha value is -1.52. The zero-order chi connectivity index (χ0) is 12.0. The van der Waals surface area contributed by atoms with E-state index < -0.39 is 5.97 Å². The predicted octanol–water partition coefficient (Wildman–Crippen LogP) is 1.21. The molecule has 0 aromatic carbocycles. The third kappa shape index (κ3) is 3.92. The van der Waals surface area contributed by atoms with E-state index in [1.165, 1.54) is 4.90 Å². The number of hydrogen-bond acceptors (Lipinski definition) is 2. The van der Waals surface area contributed by atoms with Gasteiger partial charge in [0.2, 0.25) is 0 Å². The number of nitrogens with zero attached hydrogens (tertiary/aromatic N) is 1. The largest absolute Gasteiger partial charge is 0.480 e. The van der Waals surface area contributed by atoms with Crippen LogP contribution in [0, 0.1) is 0 Å². The van der Waals surface area contributed by atoms with Gasteiger partial charge in [0.15, 0.2) is 0 Å². The summed E-state index contributed by atoms with van der Waals surface area (Å²) in [6.45, 7) is 2.15. The number of urea groups is 1. The fraction of sp³-hybridized carbons (Fsp3) is 0.636. The first kappa shape index (κ1) is 12.5. The number of amides is 2. The van der Waals surface area contributed by atoms with E-state index in [1.54, 1.807) is 0 Å². The molecule has 2 amide bonds. The summed E-state index contributed by atoms with van der Waals surface area (Å²) < 4.78 is 0. The minimum atomic E-state index is -0.979. The Balaban J connectivity index is 2.42. The first-order valence-electron chi connectivity index (χ1n) is 5.55. The van der Waals surface area contributed by atoms with Crippen molar-refractivity contribution in [2.24, 2.45) is 0 Å². The van der Waals surface area contributed by atoms with Crippen molar-refractivity contribution in [3.63, 3.8) is 0 Å². The van der Waals surface area contributed by atoms with Gasteiger partial charge in [-0.3, -0.25) is 4.79 Å². The first-order chi connectivity index (χ1) is 7.63. The van der Waals surface area contributed by atoms with Crippen LogP contribution in [-0.4, -0.2) is 41.1 Å². The van der Waals surface area contributed by atoms with Crippen molar-refractivity contribution in [1.29, 1.82) is 0 Å². The van der Waals surface area contributed by atoms with E-state index in [0.29, 0.717) is 6.54 Å². The van der Waals surface area contributed by atoms with Crippen molar-refractivity contribution in [2.45, 2.75) is 32.2 Å². The topological polar surface area (TPSA) is 69.6 Å². The van der Waals surface area contributed by atoms with Crippen LogP contribution in [0.2, 0.25) is 0 Å². The Morgan fingerprint density at radius 2 is 2.06 bits per heavy atom. The molecule has 0 aromatic rings. The highest BCUT2D eigenvalue weighted by Crippen LogP contribution is 2.09. The Morgan fingerprint density at radius 1 is 1.44 bits per heavy atom. The van der Waals surface area contributed by atoms with E-state index in [9.17, 15) is 9.59 Å². The molecule has 2 N–H and O–H groups in total. The Bertz CT molecular complexity index is 281. The number of carboxylic acid groups (broad SMARTS) is 1.